The molecule has 0 aliphatic heterocycles. The second-order valence-corrected chi connectivity index (χ2v) is 4.42. The second-order valence-electron chi connectivity index (χ2n) is 3.99. The lowest BCUT2D eigenvalue weighted by molar-refractivity contribution is 0.102. The Morgan fingerprint density at radius 2 is 2.10 bits per heavy atom. The fourth-order valence-corrected chi connectivity index (χ4v) is 1.85. The molecule has 1 amide bonds. The van der Waals surface area contributed by atoms with Crippen LogP contribution in [0.15, 0.2) is 42.5 Å². The summed E-state index contributed by atoms with van der Waals surface area (Å²) >= 11 is 5.87. The van der Waals surface area contributed by atoms with Gasteiger partial charge in [0.05, 0.1) is 18.4 Å². The van der Waals surface area contributed by atoms with E-state index in [4.69, 9.17) is 21.6 Å². The Bertz CT molecular complexity index is 693. The molecule has 0 aromatic heterocycles. The van der Waals surface area contributed by atoms with Gasteiger partial charge in [-0.2, -0.15) is 5.26 Å². The Morgan fingerprint density at radius 3 is 2.80 bits per heavy atom. The second kappa shape index (κ2) is 6.09. The van der Waals surface area contributed by atoms with E-state index >= 15 is 0 Å². The predicted molar refractivity (Wildman–Crippen MR) is 77.1 cm³/mol. The summed E-state index contributed by atoms with van der Waals surface area (Å²) in [6.07, 6.45) is 0. The number of benzene rings is 2. The van der Waals surface area contributed by atoms with Crippen molar-refractivity contribution in [2.45, 2.75) is 0 Å². The lowest BCUT2D eigenvalue weighted by atomic mass is 10.1. The largest absolute Gasteiger partial charge is 0.497 e. The number of amides is 1. The van der Waals surface area contributed by atoms with Gasteiger partial charge in [0.25, 0.3) is 5.91 Å². The third-order valence-corrected chi connectivity index (χ3v) is 2.92. The van der Waals surface area contributed by atoms with Crippen LogP contribution in [0.3, 0.4) is 0 Å². The summed E-state index contributed by atoms with van der Waals surface area (Å²) < 4.78 is 5.07. The Hall–Kier alpha value is -2.51. The molecule has 0 aliphatic rings. The van der Waals surface area contributed by atoms with Gasteiger partial charge < -0.3 is 10.1 Å². The summed E-state index contributed by atoms with van der Waals surface area (Å²) in [5, 5.41) is 12.1. The SMILES string of the molecule is COc1cccc(C(=O)Nc2cc(Cl)ccc2C#N)c1. The number of ether oxygens (including phenoxy) is 1. The van der Waals surface area contributed by atoms with E-state index in [-0.39, 0.29) is 5.91 Å². The number of hydrogen-bond donors (Lipinski definition) is 1. The molecule has 0 saturated heterocycles. The minimum absolute atomic E-state index is 0.331. The van der Waals surface area contributed by atoms with E-state index in [1.54, 1.807) is 36.4 Å². The van der Waals surface area contributed by atoms with Gasteiger partial charge >= 0.3 is 0 Å². The Balaban J connectivity index is 2.28. The number of nitrogens with zero attached hydrogens (tertiary/aromatic N) is 1. The van der Waals surface area contributed by atoms with Gasteiger partial charge in [0.2, 0.25) is 0 Å². The van der Waals surface area contributed by atoms with Crippen molar-refractivity contribution < 1.29 is 9.53 Å². The van der Waals surface area contributed by atoms with Crippen molar-refractivity contribution in [2.75, 3.05) is 12.4 Å². The molecule has 20 heavy (non-hydrogen) atoms. The zero-order chi connectivity index (χ0) is 14.5. The van der Waals surface area contributed by atoms with Crippen molar-refractivity contribution in [3.8, 4) is 11.8 Å². The highest BCUT2D eigenvalue weighted by Gasteiger charge is 2.10. The first-order chi connectivity index (χ1) is 9.63. The summed E-state index contributed by atoms with van der Waals surface area (Å²) in [5.74, 6) is 0.256. The number of halogens is 1. The molecule has 0 aliphatic carbocycles. The van der Waals surface area contributed by atoms with Crippen LogP contribution >= 0.6 is 11.6 Å². The number of nitrogens with one attached hydrogen (secondary N) is 1. The van der Waals surface area contributed by atoms with Crippen LogP contribution in [-0.2, 0) is 0 Å². The molecule has 2 rings (SSSR count). The molecule has 0 radical (unpaired) electrons. The molecule has 2 aromatic rings. The number of rotatable bonds is 3. The highest BCUT2D eigenvalue weighted by Crippen LogP contribution is 2.21. The summed E-state index contributed by atoms with van der Waals surface area (Å²) in [6, 6.07) is 13.4. The molecule has 0 unspecified atom stereocenters. The quantitative estimate of drug-likeness (QED) is 0.939. The van der Waals surface area contributed by atoms with Gasteiger partial charge in [-0.3, -0.25) is 4.79 Å². The summed E-state index contributed by atoms with van der Waals surface area (Å²) in [5.41, 5.74) is 1.17. The molecule has 5 heteroatoms. The monoisotopic (exact) mass is 286 g/mol. The van der Waals surface area contributed by atoms with Gasteiger partial charge in [-0.05, 0) is 36.4 Å². The lowest BCUT2D eigenvalue weighted by Crippen LogP contribution is -2.12. The van der Waals surface area contributed by atoms with Crippen LogP contribution < -0.4 is 10.1 Å². The Labute approximate surface area is 121 Å². The topological polar surface area (TPSA) is 62.1 Å². The third-order valence-electron chi connectivity index (χ3n) is 2.68. The summed E-state index contributed by atoms with van der Waals surface area (Å²) in [7, 11) is 1.53. The lowest BCUT2D eigenvalue weighted by Gasteiger charge is -2.08. The molecule has 0 atom stereocenters. The van der Waals surface area contributed by atoms with E-state index in [9.17, 15) is 4.79 Å². The van der Waals surface area contributed by atoms with Crippen LogP contribution in [0.25, 0.3) is 0 Å². The number of methoxy groups -OCH3 is 1. The zero-order valence-corrected chi connectivity index (χ0v) is 11.4. The number of anilines is 1. The maximum absolute atomic E-state index is 12.1. The smallest absolute Gasteiger partial charge is 0.255 e. The highest BCUT2D eigenvalue weighted by atomic mass is 35.5. The normalized spacial score (nSPS) is 9.65. The summed E-state index contributed by atoms with van der Waals surface area (Å²) in [6.45, 7) is 0. The van der Waals surface area contributed by atoms with Gasteiger partial charge in [0.1, 0.15) is 11.8 Å². The van der Waals surface area contributed by atoms with Crippen molar-refractivity contribution in [1.29, 1.82) is 5.26 Å². The van der Waals surface area contributed by atoms with Crippen molar-refractivity contribution in [2.24, 2.45) is 0 Å². The molecule has 2 aromatic carbocycles. The average Bonchev–Trinajstić information content (AvgIpc) is 2.47. The first-order valence-electron chi connectivity index (χ1n) is 5.79. The maximum Gasteiger partial charge on any atom is 0.255 e. The average molecular weight is 287 g/mol. The molecule has 0 bridgehead atoms. The van der Waals surface area contributed by atoms with Crippen LogP contribution in [0.4, 0.5) is 5.69 Å². The fourth-order valence-electron chi connectivity index (χ4n) is 1.68. The van der Waals surface area contributed by atoms with Crippen LogP contribution in [0.5, 0.6) is 5.75 Å². The minimum atomic E-state index is -0.331. The summed E-state index contributed by atoms with van der Waals surface area (Å²) in [4.78, 5) is 12.1. The molecule has 100 valence electrons. The number of carbonyl (C=O) groups is 1. The van der Waals surface area contributed by atoms with E-state index in [2.05, 4.69) is 5.32 Å². The van der Waals surface area contributed by atoms with Crippen molar-refractivity contribution in [3.05, 3.63) is 58.6 Å². The molecular weight excluding hydrogens is 276 g/mol. The van der Waals surface area contributed by atoms with E-state index in [1.807, 2.05) is 6.07 Å². The van der Waals surface area contributed by atoms with E-state index < -0.39 is 0 Å². The Morgan fingerprint density at radius 1 is 1.30 bits per heavy atom. The van der Waals surface area contributed by atoms with Crippen LogP contribution in [0.1, 0.15) is 15.9 Å². The van der Waals surface area contributed by atoms with Crippen molar-refractivity contribution in [1.82, 2.24) is 0 Å². The molecular formula is C15H11ClN2O2. The van der Waals surface area contributed by atoms with E-state index in [1.165, 1.54) is 13.2 Å². The maximum atomic E-state index is 12.1. The molecule has 4 nitrogen and oxygen atoms in total. The highest BCUT2D eigenvalue weighted by molar-refractivity contribution is 6.31. The Kier molecular flexibility index (Phi) is 4.24. The molecule has 0 spiro atoms. The van der Waals surface area contributed by atoms with Crippen LogP contribution in [0, 0.1) is 11.3 Å². The number of nitriles is 1. The molecule has 1 N–H and O–H groups in total. The van der Waals surface area contributed by atoms with Crippen molar-refractivity contribution in [3.63, 3.8) is 0 Å². The number of carbonyl (C=O) groups excluding carboxylic acids is 1. The minimum Gasteiger partial charge on any atom is -0.497 e. The van der Waals surface area contributed by atoms with Gasteiger partial charge in [0, 0.05) is 10.6 Å². The zero-order valence-electron chi connectivity index (χ0n) is 10.7. The van der Waals surface area contributed by atoms with E-state index in [0.29, 0.717) is 27.6 Å². The fraction of sp³-hybridized carbons (Fsp3) is 0.0667. The van der Waals surface area contributed by atoms with E-state index in [0.717, 1.165) is 0 Å². The van der Waals surface area contributed by atoms with Crippen molar-refractivity contribution >= 4 is 23.2 Å². The molecule has 0 heterocycles. The molecule has 0 saturated carbocycles. The van der Waals surface area contributed by atoms with Crippen LogP contribution in [0.2, 0.25) is 5.02 Å². The standard InChI is InChI=1S/C15H11ClN2O2/c1-20-13-4-2-3-10(7-13)15(19)18-14-8-12(16)6-5-11(14)9-17/h2-8H,1H3,(H,18,19). The van der Waals surface area contributed by atoms with Gasteiger partial charge in [-0.1, -0.05) is 17.7 Å². The first kappa shape index (κ1) is 13.9. The van der Waals surface area contributed by atoms with Gasteiger partial charge in [-0.25, -0.2) is 0 Å². The first-order valence-corrected chi connectivity index (χ1v) is 6.17. The third kappa shape index (κ3) is 3.08. The predicted octanol–water partition coefficient (Wildman–Crippen LogP) is 3.47. The van der Waals surface area contributed by atoms with Crippen LogP contribution in [-0.4, -0.2) is 13.0 Å². The number of hydrogen-bond acceptors (Lipinski definition) is 3. The molecule has 0 fully saturated rings. The van der Waals surface area contributed by atoms with Gasteiger partial charge in [0.15, 0.2) is 0 Å². The van der Waals surface area contributed by atoms with Gasteiger partial charge in [-0.15, -0.1) is 0 Å².